The minimum Gasteiger partial charge on any atom is -0.326 e. The van der Waals surface area contributed by atoms with Gasteiger partial charge in [-0.3, -0.25) is 9.69 Å². The molecule has 1 aromatic carbocycles. The Kier molecular flexibility index (Phi) is 4.91. The van der Waals surface area contributed by atoms with E-state index in [1.807, 2.05) is 30.3 Å². The molecule has 2 aliphatic rings. The fourth-order valence-corrected chi connectivity index (χ4v) is 3.86. The molecular formula is C18H26N2O. The van der Waals surface area contributed by atoms with Gasteiger partial charge in [0.25, 0.3) is 0 Å². The lowest BCUT2D eigenvalue weighted by atomic mass is 9.82. The molecule has 1 aliphatic heterocycles. The minimum absolute atomic E-state index is 0.164. The van der Waals surface area contributed by atoms with Crippen LogP contribution < -0.4 is 5.32 Å². The molecule has 0 aromatic heterocycles. The van der Waals surface area contributed by atoms with E-state index in [4.69, 9.17) is 0 Å². The zero-order valence-electron chi connectivity index (χ0n) is 12.8. The third kappa shape index (κ3) is 3.65. The van der Waals surface area contributed by atoms with Gasteiger partial charge >= 0.3 is 0 Å². The van der Waals surface area contributed by atoms with Crippen LogP contribution in [-0.4, -0.2) is 29.9 Å². The van der Waals surface area contributed by atoms with Crippen molar-refractivity contribution in [3.63, 3.8) is 0 Å². The number of carbonyl (C=O) groups excluding carboxylic acids is 1. The second kappa shape index (κ2) is 7.08. The molecular weight excluding hydrogens is 260 g/mol. The van der Waals surface area contributed by atoms with Crippen molar-refractivity contribution in [2.75, 3.05) is 18.4 Å². The van der Waals surface area contributed by atoms with E-state index in [2.05, 4.69) is 10.2 Å². The van der Waals surface area contributed by atoms with Crippen molar-refractivity contribution < 1.29 is 4.79 Å². The molecule has 1 aromatic rings. The maximum absolute atomic E-state index is 12.7. The lowest BCUT2D eigenvalue weighted by Crippen LogP contribution is -2.48. The smallest absolute Gasteiger partial charge is 0.229 e. The minimum atomic E-state index is 0.164. The molecule has 0 spiro atoms. The molecule has 21 heavy (non-hydrogen) atoms. The zero-order valence-corrected chi connectivity index (χ0v) is 12.8. The standard InChI is InChI=1S/C18H26N2O/c21-18(19-15-9-3-1-4-10-15)16-11-5-6-12-17(16)20-13-7-2-8-14-20/h1,3-4,9-10,16-17H,2,5-8,11-14H2,(H,19,21)/t16-,17-/m0/s1. The van der Waals surface area contributed by atoms with Gasteiger partial charge in [0.2, 0.25) is 5.91 Å². The van der Waals surface area contributed by atoms with Crippen molar-refractivity contribution in [1.29, 1.82) is 0 Å². The van der Waals surface area contributed by atoms with Gasteiger partial charge in [-0.25, -0.2) is 0 Å². The van der Waals surface area contributed by atoms with E-state index in [-0.39, 0.29) is 11.8 Å². The number of amides is 1. The summed E-state index contributed by atoms with van der Waals surface area (Å²) in [5.74, 6) is 0.383. The third-order valence-electron chi connectivity index (χ3n) is 4.97. The van der Waals surface area contributed by atoms with Gasteiger partial charge < -0.3 is 5.32 Å². The summed E-state index contributed by atoms with van der Waals surface area (Å²) in [6, 6.07) is 10.3. The fraction of sp³-hybridized carbons (Fsp3) is 0.611. The summed E-state index contributed by atoms with van der Waals surface area (Å²) in [5.41, 5.74) is 0.922. The fourth-order valence-electron chi connectivity index (χ4n) is 3.86. The molecule has 1 aliphatic carbocycles. The average Bonchev–Trinajstić information content (AvgIpc) is 2.56. The monoisotopic (exact) mass is 286 g/mol. The first-order valence-electron chi connectivity index (χ1n) is 8.44. The topological polar surface area (TPSA) is 32.3 Å². The molecule has 1 N–H and O–H groups in total. The molecule has 1 saturated heterocycles. The van der Waals surface area contributed by atoms with Gasteiger partial charge in [-0.15, -0.1) is 0 Å². The zero-order chi connectivity index (χ0) is 14.5. The number of hydrogen-bond donors (Lipinski definition) is 1. The molecule has 114 valence electrons. The largest absolute Gasteiger partial charge is 0.326 e. The van der Waals surface area contributed by atoms with Crippen LogP contribution in [0.1, 0.15) is 44.9 Å². The molecule has 1 amide bonds. The molecule has 3 nitrogen and oxygen atoms in total. The maximum atomic E-state index is 12.7. The Labute approximate surface area is 127 Å². The number of rotatable bonds is 3. The molecule has 0 bridgehead atoms. The summed E-state index contributed by atoms with van der Waals surface area (Å²) in [7, 11) is 0. The Morgan fingerprint density at radius 1 is 0.952 bits per heavy atom. The molecule has 0 radical (unpaired) electrons. The van der Waals surface area contributed by atoms with Crippen LogP contribution in [0.2, 0.25) is 0 Å². The van der Waals surface area contributed by atoms with Crippen LogP contribution in [0.25, 0.3) is 0 Å². The van der Waals surface area contributed by atoms with E-state index < -0.39 is 0 Å². The van der Waals surface area contributed by atoms with Crippen molar-refractivity contribution in [1.82, 2.24) is 4.90 Å². The van der Waals surface area contributed by atoms with Crippen LogP contribution in [0, 0.1) is 5.92 Å². The maximum Gasteiger partial charge on any atom is 0.229 e. The second-order valence-corrected chi connectivity index (χ2v) is 6.41. The molecule has 1 saturated carbocycles. The van der Waals surface area contributed by atoms with Crippen molar-refractivity contribution in [2.45, 2.75) is 51.0 Å². The average molecular weight is 286 g/mol. The number of likely N-dealkylation sites (tertiary alicyclic amines) is 1. The molecule has 2 fully saturated rings. The highest BCUT2D eigenvalue weighted by atomic mass is 16.1. The summed E-state index contributed by atoms with van der Waals surface area (Å²) in [4.78, 5) is 15.3. The quantitative estimate of drug-likeness (QED) is 0.919. The molecule has 1 heterocycles. The number of carbonyl (C=O) groups is 1. The summed E-state index contributed by atoms with van der Waals surface area (Å²) < 4.78 is 0. The normalized spacial score (nSPS) is 27.2. The number of para-hydroxylation sites is 1. The lowest BCUT2D eigenvalue weighted by Gasteiger charge is -2.41. The van der Waals surface area contributed by atoms with Gasteiger partial charge in [0.05, 0.1) is 5.92 Å². The van der Waals surface area contributed by atoms with Gasteiger partial charge in [-0.2, -0.15) is 0 Å². The molecule has 3 rings (SSSR count). The lowest BCUT2D eigenvalue weighted by molar-refractivity contribution is -0.123. The van der Waals surface area contributed by atoms with E-state index >= 15 is 0 Å². The van der Waals surface area contributed by atoms with E-state index in [1.54, 1.807) is 0 Å². The van der Waals surface area contributed by atoms with Crippen LogP contribution in [0.15, 0.2) is 30.3 Å². The first kappa shape index (κ1) is 14.6. The second-order valence-electron chi connectivity index (χ2n) is 6.41. The van der Waals surface area contributed by atoms with Crippen molar-refractivity contribution in [3.8, 4) is 0 Å². The van der Waals surface area contributed by atoms with E-state index in [0.29, 0.717) is 6.04 Å². The van der Waals surface area contributed by atoms with Crippen LogP contribution in [0.4, 0.5) is 5.69 Å². The first-order chi connectivity index (χ1) is 10.3. The first-order valence-corrected chi connectivity index (χ1v) is 8.44. The van der Waals surface area contributed by atoms with E-state index in [9.17, 15) is 4.79 Å². The molecule has 2 atom stereocenters. The van der Waals surface area contributed by atoms with Gasteiger partial charge in [0.1, 0.15) is 0 Å². The van der Waals surface area contributed by atoms with Crippen LogP contribution in [0.5, 0.6) is 0 Å². The third-order valence-corrected chi connectivity index (χ3v) is 4.97. The van der Waals surface area contributed by atoms with E-state index in [0.717, 1.165) is 12.1 Å². The Hall–Kier alpha value is -1.35. The van der Waals surface area contributed by atoms with Gasteiger partial charge in [0, 0.05) is 11.7 Å². The van der Waals surface area contributed by atoms with Crippen molar-refractivity contribution in [3.05, 3.63) is 30.3 Å². The van der Waals surface area contributed by atoms with Crippen LogP contribution in [-0.2, 0) is 4.79 Å². The number of benzene rings is 1. The Morgan fingerprint density at radius 3 is 2.43 bits per heavy atom. The predicted molar refractivity (Wildman–Crippen MR) is 86.2 cm³/mol. The molecule has 0 unspecified atom stereocenters. The van der Waals surface area contributed by atoms with Crippen LogP contribution in [0.3, 0.4) is 0 Å². The number of nitrogens with zero attached hydrogens (tertiary/aromatic N) is 1. The summed E-state index contributed by atoms with van der Waals surface area (Å²) in [5, 5.41) is 3.12. The summed E-state index contributed by atoms with van der Waals surface area (Å²) in [6.45, 7) is 2.36. The SMILES string of the molecule is O=C(Nc1ccccc1)[C@H]1CCCC[C@@H]1N1CCCCC1. The number of hydrogen-bond acceptors (Lipinski definition) is 2. The van der Waals surface area contributed by atoms with Gasteiger partial charge in [-0.05, 0) is 50.9 Å². The number of piperidine rings is 1. The Balaban J connectivity index is 1.66. The highest BCUT2D eigenvalue weighted by molar-refractivity contribution is 5.93. The Morgan fingerprint density at radius 2 is 1.67 bits per heavy atom. The highest BCUT2D eigenvalue weighted by Crippen LogP contribution is 2.31. The highest BCUT2D eigenvalue weighted by Gasteiger charge is 2.35. The number of nitrogens with one attached hydrogen (secondary N) is 1. The Bertz CT molecular complexity index is 454. The summed E-state index contributed by atoms with van der Waals surface area (Å²) >= 11 is 0. The van der Waals surface area contributed by atoms with Gasteiger partial charge in [-0.1, -0.05) is 37.5 Å². The van der Waals surface area contributed by atoms with Gasteiger partial charge in [0.15, 0.2) is 0 Å². The summed E-state index contributed by atoms with van der Waals surface area (Å²) in [6.07, 6.45) is 8.64. The predicted octanol–water partition coefficient (Wildman–Crippen LogP) is 3.67. The number of anilines is 1. The van der Waals surface area contributed by atoms with E-state index in [1.165, 1.54) is 51.6 Å². The van der Waals surface area contributed by atoms with Crippen molar-refractivity contribution in [2.24, 2.45) is 5.92 Å². The van der Waals surface area contributed by atoms with Crippen molar-refractivity contribution >= 4 is 11.6 Å². The van der Waals surface area contributed by atoms with Crippen LogP contribution >= 0.6 is 0 Å². The molecule has 3 heteroatoms.